The van der Waals surface area contributed by atoms with Gasteiger partial charge in [0, 0.05) is 6.54 Å². The van der Waals surface area contributed by atoms with E-state index in [1.54, 1.807) is 12.1 Å². The number of likely N-dealkylation sites (tertiary alicyclic amines) is 1. The Kier molecular flexibility index (Phi) is 3.37. The second-order valence-corrected chi connectivity index (χ2v) is 4.30. The van der Waals surface area contributed by atoms with Crippen LogP contribution in [-0.4, -0.2) is 18.0 Å². The molecule has 1 saturated heterocycles. The van der Waals surface area contributed by atoms with Gasteiger partial charge in [-0.1, -0.05) is 13.0 Å². The SMILES string of the molecule is CCc1cc(F)cc(CN2CCCC2)c1. The number of hydrogen-bond acceptors (Lipinski definition) is 1. The van der Waals surface area contributed by atoms with Crippen molar-refractivity contribution >= 4 is 0 Å². The van der Waals surface area contributed by atoms with Crippen LogP contribution in [0.3, 0.4) is 0 Å². The van der Waals surface area contributed by atoms with Crippen LogP contribution in [0.5, 0.6) is 0 Å². The van der Waals surface area contributed by atoms with Gasteiger partial charge < -0.3 is 0 Å². The molecule has 0 atom stereocenters. The lowest BCUT2D eigenvalue weighted by atomic mass is 10.1. The molecule has 15 heavy (non-hydrogen) atoms. The molecule has 1 aliphatic rings. The molecule has 0 bridgehead atoms. The summed E-state index contributed by atoms with van der Waals surface area (Å²) in [6.07, 6.45) is 3.48. The molecule has 1 aliphatic heterocycles. The molecule has 1 aromatic rings. The van der Waals surface area contributed by atoms with Crippen LogP contribution >= 0.6 is 0 Å². The zero-order valence-corrected chi connectivity index (χ0v) is 9.30. The number of aryl methyl sites for hydroxylation is 1. The molecule has 0 aliphatic carbocycles. The number of nitrogens with zero attached hydrogens (tertiary/aromatic N) is 1. The van der Waals surface area contributed by atoms with Crippen molar-refractivity contribution < 1.29 is 4.39 Å². The smallest absolute Gasteiger partial charge is 0.123 e. The Morgan fingerprint density at radius 1 is 1.13 bits per heavy atom. The van der Waals surface area contributed by atoms with Gasteiger partial charge in [-0.3, -0.25) is 4.90 Å². The van der Waals surface area contributed by atoms with E-state index in [-0.39, 0.29) is 5.82 Å². The number of halogens is 1. The average Bonchev–Trinajstić information content (AvgIpc) is 2.69. The fourth-order valence-corrected chi connectivity index (χ4v) is 2.21. The van der Waals surface area contributed by atoms with Crippen LogP contribution in [-0.2, 0) is 13.0 Å². The van der Waals surface area contributed by atoms with Gasteiger partial charge in [-0.05, 0) is 55.6 Å². The van der Waals surface area contributed by atoms with E-state index in [1.807, 2.05) is 0 Å². The molecule has 2 heteroatoms. The van der Waals surface area contributed by atoms with Crippen molar-refractivity contribution in [2.24, 2.45) is 0 Å². The third-order valence-electron chi connectivity index (χ3n) is 3.03. The Bertz CT molecular complexity index is 329. The van der Waals surface area contributed by atoms with E-state index in [0.29, 0.717) is 0 Å². The van der Waals surface area contributed by atoms with Crippen molar-refractivity contribution in [1.82, 2.24) is 4.90 Å². The molecule has 0 aromatic heterocycles. The van der Waals surface area contributed by atoms with Crippen LogP contribution in [0.4, 0.5) is 4.39 Å². The van der Waals surface area contributed by atoms with E-state index in [9.17, 15) is 4.39 Å². The number of rotatable bonds is 3. The van der Waals surface area contributed by atoms with Crippen molar-refractivity contribution in [2.45, 2.75) is 32.7 Å². The summed E-state index contributed by atoms with van der Waals surface area (Å²) in [5.41, 5.74) is 2.22. The highest BCUT2D eigenvalue weighted by Crippen LogP contribution is 2.15. The van der Waals surface area contributed by atoms with Crippen LogP contribution in [0.1, 0.15) is 30.9 Å². The second-order valence-electron chi connectivity index (χ2n) is 4.30. The quantitative estimate of drug-likeness (QED) is 0.736. The average molecular weight is 207 g/mol. The monoisotopic (exact) mass is 207 g/mol. The van der Waals surface area contributed by atoms with Crippen molar-refractivity contribution in [1.29, 1.82) is 0 Å². The van der Waals surface area contributed by atoms with Gasteiger partial charge in [0.25, 0.3) is 0 Å². The summed E-state index contributed by atoms with van der Waals surface area (Å²) in [7, 11) is 0. The zero-order chi connectivity index (χ0) is 10.7. The molecule has 0 saturated carbocycles. The summed E-state index contributed by atoms with van der Waals surface area (Å²) in [6.45, 7) is 5.30. The molecule has 1 fully saturated rings. The van der Waals surface area contributed by atoms with Crippen LogP contribution in [0.15, 0.2) is 18.2 Å². The van der Waals surface area contributed by atoms with Crippen LogP contribution < -0.4 is 0 Å². The molecular weight excluding hydrogens is 189 g/mol. The lowest BCUT2D eigenvalue weighted by Gasteiger charge is -2.15. The number of hydrogen-bond donors (Lipinski definition) is 0. The molecule has 1 heterocycles. The first-order valence-electron chi connectivity index (χ1n) is 5.78. The van der Waals surface area contributed by atoms with E-state index >= 15 is 0 Å². The minimum atomic E-state index is -0.0939. The highest BCUT2D eigenvalue weighted by molar-refractivity contribution is 5.24. The maximum absolute atomic E-state index is 13.3. The Labute approximate surface area is 90.9 Å². The van der Waals surface area contributed by atoms with Crippen molar-refractivity contribution in [3.05, 3.63) is 35.1 Å². The minimum absolute atomic E-state index is 0.0939. The van der Waals surface area contributed by atoms with E-state index in [2.05, 4.69) is 17.9 Å². The minimum Gasteiger partial charge on any atom is -0.299 e. The topological polar surface area (TPSA) is 3.24 Å². The standard InChI is InChI=1S/C13H18FN/c1-2-11-7-12(9-13(14)8-11)10-15-5-3-4-6-15/h7-9H,2-6,10H2,1H3. The largest absolute Gasteiger partial charge is 0.299 e. The lowest BCUT2D eigenvalue weighted by molar-refractivity contribution is 0.330. The van der Waals surface area contributed by atoms with Crippen LogP contribution in [0, 0.1) is 5.82 Å². The summed E-state index contributed by atoms with van der Waals surface area (Å²) in [6, 6.07) is 5.42. The van der Waals surface area contributed by atoms with E-state index in [1.165, 1.54) is 12.8 Å². The molecule has 0 unspecified atom stereocenters. The third-order valence-corrected chi connectivity index (χ3v) is 3.03. The first kappa shape index (κ1) is 10.6. The molecule has 0 spiro atoms. The van der Waals surface area contributed by atoms with E-state index in [0.717, 1.165) is 37.2 Å². The molecule has 0 N–H and O–H groups in total. The molecule has 1 nitrogen and oxygen atoms in total. The Morgan fingerprint density at radius 3 is 2.47 bits per heavy atom. The summed E-state index contributed by atoms with van der Waals surface area (Å²) >= 11 is 0. The normalized spacial score (nSPS) is 17.2. The van der Waals surface area contributed by atoms with Gasteiger partial charge in [-0.15, -0.1) is 0 Å². The predicted molar refractivity (Wildman–Crippen MR) is 60.3 cm³/mol. The molecule has 0 amide bonds. The van der Waals surface area contributed by atoms with Gasteiger partial charge in [0.05, 0.1) is 0 Å². The Balaban J connectivity index is 2.09. The van der Waals surface area contributed by atoms with Crippen molar-refractivity contribution in [2.75, 3.05) is 13.1 Å². The molecular formula is C13H18FN. The van der Waals surface area contributed by atoms with Gasteiger partial charge in [-0.2, -0.15) is 0 Å². The van der Waals surface area contributed by atoms with Gasteiger partial charge in [0.1, 0.15) is 5.82 Å². The highest BCUT2D eigenvalue weighted by Gasteiger charge is 2.12. The Morgan fingerprint density at radius 2 is 1.80 bits per heavy atom. The molecule has 0 radical (unpaired) electrons. The van der Waals surface area contributed by atoms with Gasteiger partial charge >= 0.3 is 0 Å². The fraction of sp³-hybridized carbons (Fsp3) is 0.538. The summed E-state index contributed by atoms with van der Waals surface area (Å²) in [4.78, 5) is 2.40. The highest BCUT2D eigenvalue weighted by atomic mass is 19.1. The van der Waals surface area contributed by atoms with Crippen LogP contribution in [0.2, 0.25) is 0 Å². The maximum atomic E-state index is 13.3. The van der Waals surface area contributed by atoms with E-state index in [4.69, 9.17) is 0 Å². The van der Waals surface area contributed by atoms with Gasteiger partial charge in [0.15, 0.2) is 0 Å². The lowest BCUT2D eigenvalue weighted by Crippen LogP contribution is -2.18. The molecule has 2 rings (SSSR count). The first-order valence-corrected chi connectivity index (χ1v) is 5.78. The third kappa shape index (κ3) is 2.78. The molecule has 82 valence electrons. The Hall–Kier alpha value is -0.890. The van der Waals surface area contributed by atoms with Crippen LogP contribution in [0.25, 0.3) is 0 Å². The molecule has 1 aromatic carbocycles. The first-order chi connectivity index (χ1) is 7.28. The zero-order valence-electron chi connectivity index (χ0n) is 9.30. The maximum Gasteiger partial charge on any atom is 0.123 e. The predicted octanol–water partition coefficient (Wildman–Crippen LogP) is 2.98. The summed E-state index contributed by atoms with van der Waals surface area (Å²) < 4.78 is 13.3. The summed E-state index contributed by atoms with van der Waals surface area (Å²) in [5, 5.41) is 0. The fourth-order valence-electron chi connectivity index (χ4n) is 2.21. The van der Waals surface area contributed by atoms with Gasteiger partial charge in [-0.25, -0.2) is 4.39 Å². The summed E-state index contributed by atoms with van der Waals surface area (Å²) in [5.74, 6) is -0.0939. The van der Waals surface area contributed by atoms with Crippen molar-refractivity contribution in [3.63, 3.8) is 0 Å². The van der Waals surface area contributed by atoms with Crippen molar-refractivity contribution in [3.8, 4) is 0 Å². The van der Waals surface area contributed by atoms with E-state index < -0.39 is 0 Å². The number of benzene rings is 1. The second kappa shape index (κ2) is 4.75. The van der Waals surface area contributed by atoms with Gasteiger partial charge in [0.2, 0.25) is 0 Å².